The van der Waals surface area contributed by atoms with Gasteiger partial charge in [-0.1, -0.05) is 31.2 Å². The molecular weight excluding hydrogens is 526 g/mol. The van der Waals surface area contributed by atoms with Gasteiger partial charge in [0.15, 0.2) is 0 Å². The molecule has 0 radical (unpaired) electrons. The number of benzene rings is 2. The Morgan fingerprint density at radius 3 is 2.31 bits per heavy atom. The highest BCUT2D eigenvalue weighted by Crippen LogP contribution is 2.38. The van der Waals surface area contributed by atoms with Gasteiger partial charge in [0, 0.05) is 12.8 Å². The zero-order chi connectivity index (χ0) is 28.8. The van der Waals surface area contributed by atoms with E-state index in [9.17, 15) is 31.1 Å². The number of aliphatic carboxylic acids is 1. The smallest absolute Gasteiger partial charge is 0.416 e. The normalized spacial score (nSPS) is 16.9. The van der Waals surface area contributed by atoms with E-state index < -0.39 is 41.7 Å². The number of halogens is 6. The van der Waals surface area contributed by atoms with Gasteiger partial charge in [-0.05, 0) is 78.8 Å². The third kappa shape index (κ3) is 8.61. The predicted octanol–water partition coefficient (Wildman–Crippen LogP) is 7.80. The van der Waals surface area contributed by atoms with Crippen LogP contribution in [0.3, 0.4) is 0 Å². The van der Waals surface area contributed by atoms with Gasteiger partial charge in [0.25, 0.3) is 0 Å². The zero-order valence-corrected chi connectivity index (χ0v) is 21.5. The van der Waals surface area contributed by atoms with Gasteiger partial charge >= 0.3 is 18.3 Å². The van der Waals surface area contributed by atoms with E-state index in [0.29, 0.717) is 25.0 Å². The molecule has 2 atom stereocenters. The predicted molar refractivity (Wildman–Crippen MR) is 134 cm³/mol. The Kier molecular flexibility index (Phi) is 9.88. The maximum absolute atomic E-state index is 13.4. The van der Waals surface area contributed by atoms with Gasteiger partial charge in [-0.25, -0.2) is 0 Å². The molecule has 0 amide bonds. The Morgan fingerprint density at radius 2 is 1.72 bits per heavy atom. The van der Waals surface area contributed by atoms with E-state index in [1.165, 1.54) is 0 Å². The number of allylic oxidation sites excluding steroid dienone is 2. The summed E-state index contributed by atoms with van der Waals surface area (Å²) >= 11 is 0. The third-order valence-electron chi connectivity index (χ3n) is 6.44. The minimum atomic E-state index is -4.60. The second-order valence-electron chi connectivity index (χ2n) is 9.32. The van der Waals surface area contributed by atoms with E-state index in [-0.39, 0.29) is 30.6 Å². The molecule has 3 rings (SSSR count). The van der Waals surface area contributed by atoms with Crippen LogP contribution in [0.25, 0.3) is 5.57 Å². The molecule has 212 valence electrons. The van der Waals surface area contributed by atoms with Crippen molar-refractivity contribution >= 4 is 11.5 Å². The van der Waals surface area contributed by atoms with Gasteiger partial charge in [0.05, 0.1) is 30.0 Å². The van der Waals surface area contributed by atoms with E-state index in [0.717, 1.165) is 47.5 Å². The first kappa shape index (κ1) is 30.3. The first-order chi connectivity index (χ1) is 18.3. The minimum absolute atomic E-state index is 0.0335. The summed E-state index contributed by atoms with van der Waals surface area (Å²) in [4.78, 5) is 10.9. The molecule has 1 N–H and O–H groups in total. The van der Waals surface area contributed by atoms with Crippen LogP contribution in [-0.2, 0) is 28.5 Å². The van der Waals surface area contributed by atoms with Crippen LogP contribution in [0.4, 0.5) is 26.3 Å². The molecule has 0 bridgehead atoms. The maximum Gasteiger partial charge on any atom is 0.416 e. The molecule has 0 spiro atoms. The van der Waals surface area contributed by atoms with Crippen molar-refractivity contribution in [1.29, 1.82) is 0 Å². The standard InChI is InChI=1S/C29H30F6O4/c1-3-19-16-24(11-6-20(19)7-13-27(36)37)38-15-14-18(2)39-26-12-10-23(29(33,34)35)17-25(26)21-4-8-22(9-5-21)28(30,31)32/h4-6,8-11,16-18,26H,3,7,12-15H2,1-2H3,(H,36,37)/t18-,26?/m1/s1. The second-order valence-corrected chi connectivity index (χ2v) is 9.32. The maximum atomic E-state index is 13.4. The summed E-state index contributed by atoms with van der Waals surface area (Å²) in [6.45, 7) is 3.97. The highest BCUT2D eigenvalue weighted by molar-refractivity contribution is 5.73. The van der Waals surface area contributed by atoms with Crippen molar-refractivity contribution in [2.45, 2.75) is 70.5 Å². The zero-order valence-electron chi connectivity index (χ0n) is 21.5. The fourth-order valence-corrected chi connectivity index (χ4v) is 4.33. The topological polar surface area (TPSA) is 55.8 Å². The summed E-state index contributed by atoms with van der Waals surface area (Å²) in [5, 5.41) is 8.91. The second kappa shape index (κ2) is 12.7. The SMILES string of the molecule is CCc1cc(OCC[C@@H](C)OC2CC=C(C(F)(F)F)C=C2c2ccc(C(F)(F)F)cc2)ccc1CCC(=O)O. The third-order valence-corrected chi connectivity index (χ3v) is 6.44. The van der Waals surface area contributed by atoms with Gasteiger partial charge in [-0.3, -0.25) is 4.79 Å². The summed E-state index contributed by atoms with van der Waals surface area (Å²) in [7, 11) is 0. The molecule has 1 aliphatic carbocycles. The first-order valence-corrected chi connectivity index (χ1v) is 12.6. The van der Waals surface area contributed by atoms with Crippen LogP contribution in [0.15, 0.2) is 60.2 Å². The fourth-order valence-electron chi connectivity index (χ4n) is 4.33. The molecule has 0 aliphatic heterocycles. The van der Waals surface area contributed by atoms with Crippen LogP contribution in [0.1, 0.15) is 55.4 Å². The summed E-state index contributed by atoms with van der Waals surface area (Å²) in [5.74, 6) is -0.260. The Labute approximate surface area is 222 Å². The van der Waals surface area contributed by atoms with Crippen molar-refractivity contribution in [3.63, 3.8) is 0 Å². The quantitative estimate of drug-likeness (QED) is 0.287. The Balaban J connectivity index is 1.65. The molecule has 2 aromatic carbocycles. The lowest BCUT2D eigenvalue weighted by atomic mass is 9.90. The average Bonchev–Trinajstić information content (AvgIpc) is 2.86. The molecule has 39 heavy (non-hydrogen) atoms. The highest BCUT2D eigenvalue weighted by atomic mass is 19.4. The number of ether oxygens (including phenoxy) is 2. The molecule has 10 heteroatoms. The molecule has 0 aromatic heterocycles. The molecule has 0 heterocycles. The van der Waals surface area contributed by atoms with Crippen molar-refractivity contribution in [2.75, 3.05) is 6.61 Å². The summed E-state index contributed by atoms with van der Waals surface area (Å²) in [5.41, 5.74) is 0.552. The van der Waals surface area contributed by atoms with Crippen LogP contribution in [0, 0.1) is 0 Å². The van der Waals surface area contributed by atoms with E-state index in [4.69, 9.17) is 14.6 Å². The lowest BCUT2D eigenvalue weighted by molar-refractivity contribution is -0.138. The van der Waals surface area contributed by atoms with Crippen LogP contribution in [0.2, 0.25) is 0 Å². The van der Waals surface area contributed by atoms with E-state index >= 15 is 0 Å². The summed E-state index contributed by atoms with van der Waals surface area (Å²) in [6, 6.07) is 9.45. The number of aryl methyl sites for hydroxylation is 2. The number of carboxylic acid groups (broad SMARTS) is 1. The van der Waals surface area contributed by atoms with Crippen molar-refractivity contribution in [3.05, 3.63) is 82.4 Å². The summed E-state index contributed by atoms with van der Waals surface area (Å²) < 4.78 is 90.9. The molecule has 1 aliphatic rings. The van der Waals surface area contributed by atoms with Gasteiger partial charge in [-0.15, -0.1) is 0 Å². The van der Waals surface area contributed by atoms with Gasteiger partial charge < -0.3 is 14.6 Å². The van der Waals surface area contributed by atoms with Crippen LogP contribution >= 0.6 is 0 Å². The van der Waals surface area contributed by atoms with Crippen LogP contribution in [0.5, 0.6) is 5.75 Å². The number of alkyl halides is 6. The van der Waals surface area contributed by atoms with Crippen LogP contribution in [-0.4, -0.2) is 36.1 Å². The van der Waals surface area contributed by atoms with E-state index in [1.807, 2.05) is 19.1 Å². The van der Waals surface area contributed by atoms with Crippen molar-refractivity contribution in [3.8, 4) is 5.75 Å². The molecular formula is C29H30F6O4. The number of hydrogen-bond acceptors (Lipinski definition) is 3. The highest BCUT2D eigenvalue weighted by Gasteiger charge is 2.36. The summed E-state index contributed by atoms with van der Waals surface area (Å²) in [6.07, 6.45) is -6.90. The van der Waals surface area contributed by atoms with Gasteiger partial charge in [-0.2, -0.15) is 26.3 Å². The monoisotopic (exact) mass is 556 g/mol. The molecule has 1 unspecified atom stereocenters. The van der Waals surface area contributed by atoms with Crippen molar-refractivity contribution in [1.82, 2.24) is 0 Å². The van der Waals surface area contributed by atoms with Crippen molar-refractivity contribution < 1.29 is 45.7 Å². The molecule has 0 fully saturated rings. The van der Waals surface area contributed by atoms with Gasteiger partial charge in [0.2, 0.25) is 0 Å². The first-order valence-electron chi connectivity index (χ1n) is 12.6. The number of hydrogen-bond donors (Lipinski definition) is 1. The number of carbonyl (C=O) groups is 1. The molecule has 4 nitrogen and oxygen atoms in total. The Bertz CT molecular complexity index is 1200. The van der Waals surface area contributed by atoms with E-state index in [2.05, 4.69) is 0 Å². The van der Waals surface area contributed by atoms with Crippen molar-refractivity contribution in [2.24, 2.45) is 0 Å². The number of carboxylic acids is 1. The lowest BCUT2D eigenvalue weighted by Crippen LogP contribution is -2.26. The minimum Gasteiger partial charge on any atom is -0.493 e. The molecule has 0 saturated heterocycles. The molecule has 2 aromatic rings. The van der Waals surface area contributed by atoms with E-state index in [1.54, 1.807) is 13.0 Å². The fraction of sp³-hybridized carbons (Fsp3) is 0.414. The van der Waals surface area contributed by atoms with Crippen LogP contribution < -0.4 is 4.74 Å². The molecule has 0 saturated carbocycles. The number of rotatable bonds is 11. The average molecular weight is 557 g/mol. The van der Waals surface area contributed by atoms with Gasteiger partial charge in [0.1, 0.15) is 5.75 Å². The Hall–Kier alpha value is -3.27. The largest absolute Gasteiger partial charge is 0.493 e. The lowest BCUT2D eigenvalue weighted by Gasteiger charge is -2.28. The Morgan fingerprint density at radius 1 is 1.03 bits per heavy atom.